The molecule has 0 aromatic heterocycles. The largest absolute Gasteiger partial charge is 0.379 e. The van der Waals surface area contributed by atoms with Crippen molar-refractivity contribution in [1.82, 2.24) is 0 Å². The van der Waals surface area contributed by atoms with Crippen molar-refractivity contribution in [3.05, 3.63) is 59.7 Å². The zero-order chi connectivity index (χ0) is 16.4. The number of benzene rings is 2. The second-order valence-corrected chi connectivity index (χ2v) is 6.69. The highest BCUT2D eigenvalue weighted by Gasteiger charge is 2.41. The van der Waals surface area contributed by atoms with Gasteiger partial charge >= 0.3 is 0 Å². The van der Waals surface area contributed by atoms with Crippen molar-refractivity contribution in [3.63, 3.8) is 0 Å². The number of anilines is 2. The summed E-state index contributed by atoms with van der Waals surface area (Å²) in [6.07, 6.45) is 2.07. The third-order valence-electron chi connectivity index (χ3n) is 4.75. The minimum atomic E-state index is -0.240. The molecule has 0 aliphatic carbocycles. The van der Waals surface area contributed by atoms with Crippen LogP contribution in [0.15, 0.2) is 53.5 Å². The van der Waals surface area contributed by atoms with E-state index in [1.165, 1.54) is 11.1 Å². The van der Waals surface area contributed by atoms with Crippen molar-refractivity contribution in [3.8, 4) is 0 Å². The molecule has 24 heavy (non-hydrogen) atoms. The van der Waals surface area contributed by atoms with Crippen LogP contribution in [0.4, 0.5) is 11.4 Å². The maximum Gasteiger partial charge on any atom is 0.130 e. The Hall–Kier alpha value is -2.33. The normalized spacial score (nSPS) is 24.3. The molecule has 0 bridgehead atoms. The van der Waals surface area contributed by atoms with Crippen LogP contribution in [0, 0.1) is 6.92 Å². The Kier molecular flexibility index (Phi) is 3.98. The summed E-state index contributed by atoms with van der Waals surface area (Å²) >= 11 is 0. The minimum Gasteiger partial charge on any atom is -0.379 e. The van der Waals surface area contributed by atoms with Gasteiger partial charge in [-0.05, 0) is 37.5 Å². The van der Waals surface area contributed by atoms with Gasteiger partial charge in [0.1, 0.15) is 11.4 Å². The fourth-order valence-corrected chi connectivity index (χ4v) is 3.52. The van der Waals surface area contributed by atoms with E-state index in [2.05, 4.69) is 60.0 Å². The van der Waals surface area contributed by atoms with Gasteiger partial charge in [0.05, 0.1) is 24.5 Å². The van der Waals surface area contributed by atoms with Crippen LogP contribution in [-0.2, 0) is 11.3 Å². The molecule has 0 radical (unpaired) electrons. The molecule has 0 saturated carbocycles. The Labute approximate surface area is 143 Å². The van der Waals surface area contributed by atoms with Gasteiger partial charge in [0.15, 0.2) is 0 Å². The molecule has 4 nitrogen and oxygen atoms in total. The molecule has 1 spiro atoms. The molecule has 2 heterocycles. The van der Waals surface area contributed by atoms with Crippen molar-refractivity contribution in [2.75, 3.05) is 23.8 Å². The molecule has 2 aromatic carbocycles. The Morgan fingerprint density at radius 1 is 1.12 bits per heavy atom. The number of nitrogens with one attached hydrogen (secondary N) is 2. The zero-order valence-corrected chi connectivity index (χ0v) is 14.0. The molecule has 1 atom stereocenters. The first-order valence-corrected chi connectivity index (χ1v) is 8.58. The molecular weight excluding hydrogens is 298 g/mol. The van der Waals surface area contributed by atoms with Crippen LogP contribution in [0.1, 0.15) is 24.0 Å². The van der Waals surface area contributed by atoms with E-state index >= 15 is 0 Å². The van der Waals surface area contributed by atoms with Gasteiger partial charge in [0.25, 0.3) is 0 Å². The predicted octanol–water partition coefficient (Wildman–Crippen LogP) is 3.98. The molecule has 4 heteroatoms. The lowest BCUT2D eigenvalue weighted by Crippen LogP contribution is -2.57. The summed E-state index contributed by atoms with van der Waals surface area (Å²) in [6, 6.07) is 16.8. The first kappa shape index (κ1) is 15.2. The number of aryl methyl sites for hydroxylation is 1. The lowest BCUT2D eigenvalue weighted by molar-refractivity contribution is 0.0701. The molecule has 1 unspecified atom stereocenters. The number of hydrogen-bond donors (Lipinski definition) is 2. The standard InChI is InChI=1S/C20H23N3O/c1-15-6-4-7-16(12-15)13-21-19-20(10-5-11-24-14-20)23-18-9-3-2-8-17(18)22-19/h2-4,6-9,12,23H,5,10-11,13-14H2,1H3,(H,21,22). The first-order valence-electron chi connectivity index (χ1n) is 8.58. The summed E-state index contributed by atoms with van der Waals surface area (Å²) < 4.78 is 5.80. The van der Waals surface area contributed by atoms with Gasteiger partial charge in [0, 0.05) is 6.61 Å². The van der Waals surface area contributed by atoms with E-state index in [1.807, 2.05) is 6.07 Å². The Bertz CT molecular complexity index is 763. The zero-order valence-electron chi connectivity index (χ0n) is 14.0. The molecule has 2 N–H and O–H groups in total. The van der Waals surface area contributed by atoms with E-state index in [1.54, 1.807) is 0 Å². The summed E-state index contributed by atoms with van der Waals surface area (Å²) in [5.41, 5.74) is 4.46. The monoisotopic (exact) mass is 321 g/mol. The highest BCUT2D eigenvalue weighted by Crippen LogP contribution is 2.35. The van der Waals surface area contributed by atoms with Gasteiger partial charge in [-0.1, -0.05) is 42.0 Å². The highest BCUT2D eigenvalue weighted by molar-refractivity contribution is 6.09. The van der Waals surface area contributed by atoms with Crippen molar-refractivity contribution in [2.45, 2.75) is 31.8 Å². The number of hydrogen-bond acceptors (Lipinski definition) is 3. The number of para-hydroxylation sites is 2. The molecule has 124 valence electrons. The fraction of sp³-hybridized carbons (Fsp3) is 0.350. The number of fused-ring (bicyclic) bond motifs is 1. The Balaban J connectivity index is 1.66. The average Bonchev–Trinajstić information content (AvgIpc) is 2.61. The molecule has 2 aromatic rings. The van der Waals surface area contributed by atoms with Crippen LogP contribution < -0.4 is 10.6 Å². The van der Waals surface area contributed by atoms with E-state index in [9.17, 15) is 0 Å². The number of amidine groups is 1. The number of rotatable bonds is 2. The summed E-state index contributed by atoms with van der Waals surface area (Å²) in [6.45, 7) is 4.27. The maximum atomic E-state index is 5.80. The van der Waals surface area contributed by atoms with Crippen molar-refractivity contribution >= 4 is 17.2 Å². The van der Waals surface area contributed by atoms with Crippen molar-refractivity contribution < 1.29 is 4.74 Å². The number of nitrogens with zero attached hydrogens (tertiary/aromatic N) is 1. The second kappa shape index (κ2) is 6.29. The van der Waals surface area contributed by atoms with Gasteiger partial charge in [-0.25, -0.2) is 0 Å². The molecule has 1 fully saturated rings. The van der Waals surface area contributed by atoms with Crippen LogP contribution in [0.3, 0.4) is 0 Å². The van der Waals surface area contributed by atoms with Crippen molar-refractivity contribution in [1.29, 1.82) is 0 Å². The first-order chi connectivity index (χ1) is 11.8. The maximum absolute atomic E-state index is 5.80. The van der Waals surface area contributed by atoms with E-state index in [0.717, 1.165) is 36.7 Å². The predicted molar refractivity (Wildman–Crippen MR) is 98.8 cm³/mol. The lowest BCUT2D eigenvalue weighted by atomic mass is 9.88. The Morgan fingerprint density at radius 2 is 2.00 bits per heavy atom. The third-order valence-corrected chi connectivity index (χ3v) is 4.75. The summed E-state index contributed by atoms with van der Waals surface area (Å²) in [5.74, 6) is 0.988. The molecule has 4 rings (SSSR count). The van der Waals surface area contributed by atoms with Crippen LogP contribution >= 0.6 is 0 Å². The van der Waals surface area contributed by atoms with Crippen LogP contribution in [-0.4, -0.2) is 24.6 Å². The van der Waals surface area contributed by atoms with Gasteiger partial charge in [-0.2, -0.15) is 0 Å². The smallest absolute Gasteiger partial charge is 0.130 e. The van der Waals surface area contributed by atoms with E-state index in [0.29, 0.717) is 13.2 Å². The third kappa shape index (κ3) is 2.89. The highest BCUT2D eigenvalue weighted by atomic mass is 16.5. The van der Waals surface area contributed by atoms with E-state index < -0.39 is 0 Å². The van der Waals surface area contributed by atoms with Crippen molar-refractivity contribution in [2.24, 2.45) is 4.99 Å². The summed E-state index contributed by atoms with van der Waals surface area (Å²) in [4.78, 5) is 4.93. The fourth-order valence-electron chi connectivity index (χ4n) is 3.52. The number of aliphatic imine (C=N–C) groups is 1. The molecule has 0 amide bonds. The van der Waals surface area contributed by atoms with Crippen LogP contribution in [0.25, 0.3) is 0 Å². The topological polar surface area (TPSA) is 45.7 Å². The lowest BCUT2D eigenvalue weighted by Gasteiger charge is -2.43. The Morgan fingerprint density at radius 3 is 2.79 bits per heavy atom. The quantitative estimate of drug-likeness (QED) is 0.879. The number of ether oxygens (including phenoxy) is 1. The SMILES string of the molecule is Cc1cccc(CN=C2Nc3ccccc3NC23CCCOC3)c1. The van der Waals surface area contributed by atoms with Crippen LogP contribution in [0.2, 0.25) is 0 Å². The minimum absolute atomic E-state index is 0.240. The van der Waals surface area contributed by atoms with Gasteiger partial charge in [-0.3, -0.25) is 4.99 Å². The van der Waals surface area contributed by atoms with Gasteiger partial charge < -0.3 is 15.4 Å². The summed E-state index contributed by atoms with van der Waals surface area (Å²) in [7, 11) is 0. The van der Waals surface area contributed by atoms with Crippen LogP contribution in [0.5, 0.6) is 0 Å². The van der Waals surface area contributed by atoms with Gasteiger partial charge in [-0.15, -0.1) is 0 Å². The van der Waals surface area contributed by atoms with Gasteiger partial charge in [0.2, 0.25) is 0 Å². The molecule has 2 aliphatic rings. The molecule has 1 saturated heterocycles. The molecular formula is C20H23N3O. The second-order valence-electron chi connectivity index (χ2n) is 6.69. The van der Waals surface area contributed by atoms with E-state index in [-0.39, 0.29) is 5.54 Å². The average molecular weight is 321 g/mol. The molecule has 2 aliphatic heterocycles. The van der Waals surface area contributed by atoms with E-state index in [4.69, 9.17) is 9.73 Å². The summed E-state index contributed by atoms with van der Waals surface area (Å²) in [5, 5.41) is 7.24.